The topological polar surface area (TPSA) is 65.5 Å². The van der Waals surface area contributed by atoms with Crippen molar-refractivity contribution in [2.45, 2.75) is 18.9 Å². The zero-order valence-corrected chi connectivity index (χ0v) is 11.0. The van der Waals surface area contributed by atoms with Gasteiger partial charge in [0.15, 0.2) is 0 Å². The number of nitrogens with zero attached hydrogens (tertiary/aromatic N) is 2. The SMILES string of the molecule is CN(c1ccc(/C=C/C(=O)O)cn1)C1CCNCC1. The van der Waals surface area contributed by atoms with E-state index in [9.17, 15) is 4.79 Å². The minimum Gasteiger partial charge on any atom is -0.478 e. The van der Waals surface area contributed by atoms with E-state index in [4.69, 9.17) is 5.11 Å². The van der Waals surface area contributed by atoms with Gasteiger partial charge in [0, 0.05) is 25.4 Å². The Morgan fingerprint density at radius 2 is 2.21 bits per heavy atom. The van der Waals surface area contributed by atoms with Gasteiger partial charge in [0.1, 0.15) is 5.82 Å². The van der Waals surface area contributed by atoms with Crippen molar-refractivity contribution >= 4 is 17.9 Å². The highest BCUT2D eigenvalue weighted by molar-refractivity contribution is 5.85. The molecule has 0 aliphatic carbocycles. The van der Waals surface area contributed by atoms with Crippen molar-refractivity contribution in [3.05, 3.63) is 30.0 Å². The predicted molar refractivity (Wildman–Crippen MR) is 75.2 cm³/mol. The molecule has 0 saturated carbocycles. The molecule has 0 spiro atoms. The van der Waals surface area contributed by atoms with Gasteiger partial charge in [-0.25, -0.2) is 9.78 Å². The number of pyridine rings is 1. The first-order valence-electron chi connectivity index (χ1n) is 6.47. The Kier molecular flexibility index (Phi) is 4.52. The van der Waals surface area contributed by atoms with E-state index in [1.165, 1.54) is 0 Å². The zero-order valence-electron chi connectivity index (χ0n) is 11.0. The van der Waals surface area contributed by atoms with E-state index in [0.29, 0.717) is 6.04 Å². The number of carboxylic acids is 1. The Balaban J connectivity index is 2.02. The van der Waals surface area contributed by atoms with Crippen LogP contribution in [-0.2, 0) is 4.79 Å². The van der Waals surface area contributed by atoms with Crippen LogP contribution in [0.1, 0.15) is 18.4 Å². The maximum atomic E-state index is 10.4. The molecule has 2 rings (SSSR count). The van der Waals surface area contributed by atoms with E-state index in [-0.39, 0.29) is 0 Å². The van der Waals surface area contributed by atoms with Crippen molar-refractivity contribution < 1.29 is 9.90 Å². The molecule has 0 aromatic carbocycles. The molecule has 2 heterocycles. The maximum absolute atomic E-state index is 10.4. The van der Waals surface area contributed by atoms with Crippen LogP contribution in [0.4, 0.5) is 5.82 Å². The van der Waals surface area contributed by atoms with Crippen molar-refractivity contribution in [2.24, 2.45) is 0 Å². The average molecular weight is 261 g/mol. The number of nitrogens with one attached hydrogen (secondary N) is 1. The Hall–Kier alpha value is -1.88. The van der Waals surface area contributed by atoms with Gasteiger partial charge < -0.3 is 15.3 Å². The first-order chi connectivity index (χ1) is 9.16. The lowest BCUT2D eigenvalue weighted by Gasteiger charge is -2.32. The maximum Gasteiger partial charge on any atom is 0.328 e. The minimum atomic E-state index is -0.948. The molecule has 1 saturated heterocycles. The average Bonchev–Trinajstić information content (AvgIpc) is 2.46. The lowest BCUT2D eigenvalue weighted by atomic mass is 10.1. The molecule has 19 heavy (non-hydrogen) atoms. The number of carbonyl (C=O) groups is 1. The van der Waals surface area contributed by atoms with Crippen molar-refractivity contribution in [1.82, 2.24) is 10.3 Å². The summed E-state index contributed by atoms with van der Waals surface area (Å²) in [6.45, 7) is 2.10. The second-order valence-corrected chi connectivity index (χ2v) is 4.71. The third kappa shape index (κ3) is 3.79. The van der Waals surface area contributed by atoms with Crippen molar-refractivity contribution in [1.29, 1.82) is 0 Å². The molecule has 0 bridgehead atoms. The van der Waals surface area contributed by atoms with Crippen LogP contribution >= 0.6 is 0 Å². The normalized spacial score (nSPS) is 16.7. The van der Waals surface area contributed by atoms with Crippen LogP contribution in [0, 0.1) is 0 Å². The van der Waals surface area contributed by atoms with Crippen LogP contribution in [0.15, 0.2) is 24.4 Å². The number of piperidine rings is 1. The molecule has 1 aliphatic rings. The molecule has 0 radical (unpaired) electrons. The zero-order chi connectivity index (χ0) is 13.7. The van der Waals surface area contributed by atoms with Crippen molar-refractivity contribution in [3.8, 4) is 0 Å². The highest BCUT2D eigenvalue weighted by Crippen LogP contribution is 2.18. The van der Waals surface area contributed by atoms with Gasteiger partial charge in [0.05, 0.1) is 0 Å². The Bertz CT molecular complexity index is 450. The van der Waals surface area contributed by atoms with Gasteiger partial charge in [-0.3, -0.25) is 0 Å². The second kappa shape index (κ2) is 6.33. The number of hydrogen-bond donors (Lipinski definition) is 2. The third-order valence-corrected chi connectivity index (χ3v) is 3.41. The molecule has 2 N–H and O–H groups in total. The summed E-state index contributed by atoms with van der Waals surface area (Å²) in [7, 11) is 2.06. The number of aromatic nitrogens is 1. The standard InChI is InChI=1S/C14H19N3O2/c1-17(12-6-8-15-9-7-12)13-4-2-11(10-16-13)3-5-14(18)19/h2-5,10,12,15H,6-9H2,1H3,(H,18,19)/b5-3+. The van der Waals surface area contributed by atoms with E-state index in [2.05, 4.69) is 22.2 Å². The van der Waals surface area contributed by atoms with Gasteiger partial charge in [-0.2, -0.15) is 0 Å². The summed E-state index contributed by atoms with van der Waals surface area (Å²) >= 11 is 0. The van der Waals surface area contributed by atoms with Crippen molar-refractivity contribution in [3.63, 3.8) is 0 Å². The smallest absolute Gasteiger partial charge is 0.328 e. The van der Waals surface area contributed by atoms with E-state index < -0.39 is 5.97 Å². The van der Waals surface area contributed by atoms with Gasteiger partial charge in [-0.15, -0.1) is 0 Å². The highest BCUT2D eigenvalue weighted by atomic mass is 16.4. The Morgan fingerprint density at radius 1 is 1.47 bits per heavy atom. The molecule has 1 aromatic rings. The monoisotopic (exact) mass is 261 g/mol. The van der Waals surface area contributed by atoms with E-state index >= 15 is 0 Å². The summed E-state index contributed by atoms with van der Waals surface area (Å²) < 4.78 is 0. The number of carboxylic acid groups (broad SMARTS) is 1. The van der Waals surface area contributed by atoms with Gasteiger partial charge in [0.2, 0.25) is 0 Å². The third-order valence-electron chi connectivity index (χ3n) is 3.41. The summed E-state index contributed by atoms with van der Waals surface area (Å²) in [6.07, 6.45) is 6.61. The molecule has 0 amide bonds. The molecular formula is C14H19N3O2. The second-order valence-electron chi connectivity index (χ2n) is 4.71. The van der Waals surface area contributed by atoms with Gasteiger partial charge in [-0.05, 0) is 49.7 Å². The van der Waals surface area contributed by atoms with Crippen LogP contribution in [-0.4, -0.2) is 42.2 Å². The number of rotatable bonds is 4. The number of hydrogen-bond acceptors (Lipinski definition) is 4. The molecule has 5 nitrogen and oxygen atoms in total. The molecule has 1 fully saturated rings. The molecule has 0 unspecified atom stereocenters. The van der Waals surface area contributed by atoms with Crippen molar-refractivity contribution in [2.75, 3.05) is 25.0 Å². The van der Waals surface area contributed by atoms with Crippen LogP contribution in [0.5, 0.6) is 0 Å². The van der Waals surface area contributed by atoms with E-state index in [0.717, 1.165) is 43.4 Å². The molecule has 1 aromatic heterocycles. The van der Waals surface area contributed by atoms with E-state index in [1.807, 2.05) is 12.1 Å². The van der Waals surface area contributed by atoms with E-state index in [1.54, 1.807) is 12.3 Å². The molecule has 0 atom stereocenters. The number of aliphatic carboxylic acids is 1. The Morgan fingerprint density at radius 3 is 2.79 bits per heavy atom. The lowest BCUT2D eigenvalue weighted by molar-refractivity contribution is -0.131. The molecular weight excluding hydrogens is 242 g/mol. The van der Waals surface area contributed by atoms with Gasteiger partial charge in [-0.1, -0.05) is 0 Å². The summed E-state index contributed by atoms with van der Waals surface area (Å²) in [5, 5.41) is 11.9. The van der Waals surface area contributed by atoms with Gasteiger partial charge >= 0.3 is 5.97 Å². The van der Waals surface area contributed by atoms with Crippen LogP contribution in [0.2, 0.25) is 0 Å². The molecule has 102 valence electrons. The fraction of sp³-hybridized carbons (Fsp3) is 0.429. The lowest BCUT2D eigenvalue weighted by Crippen LogP contribution is -2.41. The van der Waals surface area contributed by atoms with Gasteiger partial charge in [0.25, 0.3) is 0 Å². The Labute approximate surface area is 113 Å². The quantitative estimate of drug-likeness (QED) is 0.801. The first kappa shape index (κ1) is 13.5. The fourth-order valence-electron chi connectivity index (χ4n) is 2.25. The molecule has 1 aliphatic heterocycles. The van der Waals surface area contributed by atoms with Crippen LogP contribution < -0.4 is 10.2 Å². The summed E-state index contributed by atoms with van der Waals surface area (Å²) in [4.78, 5) is 17.0. The molecule has 5 heteroatoms. The summed E-state index contributed by atoms with van der Waals surface area (Å²) in [5.41, 5.74) is 0.796. The van der Waals surface area contributed by atoms with Crippen LogP contribution in [0.25, 0.3) is 6.08 Å². The fourth-order valence-corrected chi connectivity index (χ4v) is 2.25. The summed E-state index contributed by atoms with van der Waals surface area (Å²) in [6, 6.07) is 4.34. The first-order valence-corrected chi connectivity index (χ1v) is 6.47. The minimum absolute atomic E-state index is 0.522. The van der Waals surface area contributed by atoms with Crippen LogP contribution in [0.3, 0.4) is 0 Å². The predicted octanol–water partition coefficient (Wildman–Crippen LogP) is 1.37. The highest BCUT2D eigenvalue weighted by Gasteiger charge is 2.18. The number of anilines is 1. The largest absolute Gasteiger partial charge is 0.478 e. The summed E-state index contributed by atoms with van der Waals surface area (Å²) in [5.74, 6) is -0.0183.